The van der Waals surface area contributed by atoms with E-state index in [1.807, 2.05) is 0 Å². The van der Waals surface area contributed by atoms with Crippen LogP contribution in [0.25, 0.3) is 0 Å². The number of amides is 1. The molecule has 5 heteroatoms. The molecule has 0 aromatic heterocycles. The summed E-state index contributed by atoms with van der Waals surface area (Å²) < 4.78 is 0. The van der Waals surface area contributed by atoms with Crippen LogP contribution in [-0.2, 0) is 4.79 Å². The van der Waals surface area contributed by atoms with Gasteiger partial charge in [-0.3, -0.25) is 4.79 Å². The predicted molar refractivity (Wildman–Crippen MR) is 56.2 cm³/mol. The fourth-order valence-electron chi connectivity index (χ4n) is 1.14. The molecule has 1 amide bonds. The number of nitrogens with one attached hydrogen (secondary N) is 1. The lowest BCUT2D eigenvalue weighted by atomic mass is 9.99. The summed E-state index contributed by atoms with van der Waals surface area (Å²) in [6.45, 7) is 3.57. The lowest BCUT2D eigenvalue weighted by molar-refractivity contribution is -0.121. The molecule has 0 bridgehead atoms. The molecule has 0 aromatic carbocycles. The van der Waals surface area contributed by atoms with Crippen molar-refractivity contribution in [3.05, 3.63) is 0 Å². The highest BCUT2D eigenvalue weighted by molar-refractivity contribution is 5.75. The number of hydrogen-bond acceptors (Lipinski definition) is 4. The highest BCUT2D eigenvalue weighted by Crippen LogP contribution is 2.08. The van der Waals surface area contributed by atoms with Gasteiger partial charge >= 0.3 is 0 Å². The van der Waals surface area contributed by atoms with E-state index in [-0.39, 0.29) is 24.9 Å². The molecule has 0 heterocycles. The molecule has 0 radical (unpaired) electrons. The summed E-state index contributed by atoms with van der Waals surface area (Å²) in [5, 5.41) is 30.3. The summed E-state index contributed by atoms with van der Waals surface area (Å²) in [4.78, 5) is 10.9. The first-order valence-electron chi connectivity index (χ1n) is 5.26. The second kappa shape index (κ2) is 7.62. The van der Waals surface area contributed by atoms with E-state index in [9.17, 15) is 15.0 Å². The van der Waals surface area contributed by atoms with Gasteiger partial charge in [0.15, 0.2) is 0 Å². The van der Waals surface area contributed by atoms with Crippen molar-refractivity contribution in [1.82, 2.24) is 5.32 Å². The number of aliphatic hydroxyl groups excluding tert-OH is 3. The van der Waals surface area contributed by atoms with Crippen LogP contribution in [0.3, 0.4) is 0 Å². The Morgan fingerprint density at radius 2 is 2.00 bits per heavy atom. The topological polar surface area (TPSA) is 89.8 Å². The highest BCUT2D eigenvalue weighted by Gasteiger charge is 2.21. The van der Waals surface area contributed by atoms with Crippen molar-refractivity contribution in [2.45, 2.75) is 38.9 Å². The molecule has 0 rings (SSSR count). The summed E-state index contributed by atoms with van der Waals surface area (Å²) in [6, 6.07) is 0. The third kappa shape index (κ3) is 5.71. The van der Waals surface area contributed by atoms with Gasteiger partial charge in [0.1, 0.15) is 0 Å². The smallest absolute Gasteiger partial charge is 0.219 e. The van der Waals surface area contributed by atoms with Gasteiger partial charge in [0.2, 0.25) is 5.91 Å². The largest absolute Gasteiger partial charge is 0.396 e. The first kappa shape index (κ1) is 14.3. The van der Waals surface area contributed by atoms with E-state index in [0.717, 1.165) is 0 Å². The van der Waals surface area contributed by atoms with Gasteiger partial charge in [-0.2, -0.15) is 0 Å². The fraction of sp³-hybridized carbons (Fsp3) is 0.900. The minimum atomic E-state index is -0.950. The van der Waals surface area contributed by atoms with Crippen LogP contribution in [0.2, 0.25) is 0 Å². The standard InChI is InChI=1S/C10H21NO4/c1-3-9(14)11-5-4-8(13)10(15)7(2)6-12/h7-8,10,12-13,15H,3-6H2,1-2H3,(H,11,14)/t7?,8-,10-/m1/s1. The third-order valence-corrected chi connectivity index (χ3v) is 2.35. The maximum Gasteiger partial charge on any atom is 0.219 e. The van der Waals surface area contributed by atoms with E-state index in [2.05, 4.69) is 5.32 Å². The van der Waals surface area contributed by atoms with Crippen LogP contribution in [0.5, 0.6) is 0 Å². The first-order valence-corrected chi connectivity index (χ1v) is 5.26. The molecule has 0 aromatic rings. The SMILES string of the molecule is CCC(=O)NCC[C@@H](O)[C@H](O)C(C)CO. The van der Waals surface area contributed by atoms with Gasteiger partial charge < -0.3 is 20.6 Å². The van der Waals surface area contributed by atoms with Crippen LogP contribution in [0, 0.1) is 5.92 Å². The fourth-order valence-corrected chi connectivity index (χ4v) is 1.14. The van der Waals surface area contributed by atoms with Crippen LogP contribution in [0.4, 0.5) is 0 Å². The van der Waals surface area contributed by atoms with Crippen molar-refractivity contribution in [3.8, 4) is 0 Å². The van der Waals surface area contributed by atoms with E-state index in [1.165, 1.54) is 0 Å². The van der Waals surface area contributed by atoms with Gasteiger partial charge in [0, 0.05) is 25.5 Å². The molecule has 5 nitrogen and oxygen atoms in total. The molecule has 0 aliphatic rings. The van der Waals surface area contributed by atoms with Crippen molar-refractivity contribution in [3.63, 3.8) is 0 Å². The molecule has 0 saturated carbocycles. The average Bonchev–Trinajstić information content (AvgIpc) is 2.26. The summed E-state index contributed by atoms with van der Waals surface area (Å²) >= 11 is 0. The molecule has 1 unspecified atom stereocenters. The Kier molecular flexibility index (Phi) is 7.29. The number of carbonyl (C=O) groups excluding carboxylic acids is 1. The lowest BCUT2D eigenvalue weighted by Crippen LogP contribution is -2.36. The van der Waals surface area contributed by atoms with Crippen molar-refractivity contribution in [2.75, 3.05) is 13.2 Å². The normalized spacial score (nSPS) is 16.9. The van der Waals surface area contributed by atoms with E-state index < -0.39 is 12.2 Å². The van der Waals surface area contributed by atoms with Gasteiger partial charge in [0.05, 0.1) is 12.2 Å². The molecule has 0 spiro atoms. The Morgan fingerprint density at radius 1 is 1.40 bits per heavy atom. The molecule has 0 fully saturated rings. The zero-order valence-corrected chi connectivity index (χ0v) is 9.31. The second-order valence-corrected chi connectivity index (χ2v) is 3.71. The Labute approximate surface area is 90.1 Å². The molecule has 0 saturated heterocycles. The summed E-state index contributed by atoms with van der Waals surface area (Å²) in [5.41, 5.74) is 0. The van der Waals surface area contributed by atoms with Gasteiger partial charge in [-0.1, -0.05) is 13.8 Å². The van der Waals surface area contributed by atoms with Gasteiger partial charge in [-0.25, -0.2) is 0 Å². The Hall–Kier alpha value is -0.650. The van der Waals surface area contributed by atoms with Gasteiger partial charge in [-0.05, 0) is 6.42 Å². The second-order valence-electron chi connectivity index (χ2n) is 3.71. The Bertz CT molecular complexity index is 186. The minimum Gasteiger partial charge on any atom is -0.396 e. The third-order valence-electron chi connectivity index (χ3n) is 2.35. The van der Waals surface area contributed by atoms with Crippen LogP contribution in [0.1, 0.15) is 26.7 Å². The maximum atomic E-state index is 10.9. The molecule has 0 aliphatic carbocycles. The predicted octanol–water partition coefficient (Wildman–Crippen LogP) is -0.747. The van der Waals surface area contributed by atoms with Gasteiger partial charge in [-0.15, -0.1) is 0 Å². The molecular weight excluding hydrogens is 198 g/mol. The molecular formula is C10H21NO4. The van der Waals surface area contributed by atoms with E-state index in [1.54, 1.807) is 13.8 Å². The summed E-state index contributed by atoms with van der Waals surface area (Å²) in [6.07, 6.45) is -1.17. The van der Waals surface area contributed by atoms with Crippen LogP contribution >= 0.6 is 0 Å². The molecule has 4 N–H and O–H groups in total. The van der Waals surface area contributed by atoms with Crippen LogP contribution < -0.4 is 5.32 Å². The average molecular weight is 219 g/mol. The maximum absolute atomic E-state index is 10.9. The van der Waals surface area contributed by atoms with E-state index >= 15 is 0 Å². The van der Waals surface area contributed by atoms with E-state index in [4.69, 9.17) is 5.11 Å². The van der Waals surface area contributed by atoms with Crippen molar-refractivity contribution < 1.29 is 20.1 Å². The zero-order valence-electron chi connectivity index (χ0n) is 9.31. The monoisotopic (exact) mass is 219 g/mol. The highest BCUT2D eigenvalue weighted by atomic mass is 16.3. The van der Waals surface area contributed by atoms with Crippen molar-refractivity contribution in [1.29, 1.82) is 0 Å². The number of rotatable bonds is 7. The number of carbonyl (C=O) groups is 1. The Morgan fingerprint density at radius 3 is 2.47 bits per heavy atom. The molecule has 15 heavy (non-hydrogen) atoms. The number of hydrogen-bond donors (Lipinski definition) is 4. The van der Waals surface area contributed by atoms with E-state index in [0.29, 0.717) is 13.0 Å². The summed E-state index contributed by atoms with van der Waals surface area (Å²) in [5.74, 6) is -0.436. The van der Waals surface area contributed by atoms with Crippen LogP contribution in [-0.4, -0.2) is 46.6 Å². The lowest BCUT2D eigenvalue weighted by Gasteiger charge is -2.22. The summed E-state index contributed by atoms with van der Waals surface area (Å²) in [7, 11) is 0. The van der Waals surface area contributed by atoms with Crippen molar-refractivity contribution in [2.24, 2.45) is 5.92 Å². The van der Waals surface area contributed by atoms with Crippen LogP contribution in [0.15, 0.2) is 0 Å². The van der Waals surface area contributed by atoms with Crippen molar-refractivity contribution >= 4 is 5.91 Å². The molecule has 0 aliphatic heterocycles. The molecule has 90 valence electrons. The number of aliphatic hydroxyl groups is 3. The Balaban J connectivity index is 3.73. The van der Waals surface area contributed by atoms with Gasteiger partial charge in [0.25, 0.3) is 0 Å². The zero-order chi connectivity index (χ0) is 11.8. The minimum absolute atomic E-state index is 0.0769. The molecule has 3 atom stereocenters. The quantitative estimate of drug-likeness (QED) is 0.453. The first-order chi connectivity index (χ1) is 7.02.